The molecule has 6 atom stereocenters. The topological polar surface area (TPSA) is 237 Å². The van der Waals surface area contributed by atoms with E-state index >= 15 is 0 Å². The molecule has 0 aliphatic rings. The Hall–Kier alpha value is -1.94. The van der Waals surface area contributed by atoms with Gasteiger partial charge < -0.3 is 33.8 Å². The first-order valence-electron chi connectivity index (χ1n) is 40.4. The van der Waals surface area contributed by atoms with Gasteiger partial charge in [-0.1, -0.05) is 350 Å². The molecule has 0 spiro atoms. The molecule has 576 valence electrons. The van der Waals surface area contributed by atoms with E-state index in [2.05, 4.69) is 48.5 Å². The van der Waals surface area contributed by atoms with Crippen LogP contribution in [0.25, 0.3) is 0 Å². The second kappa shape index (κ2) is 68.5. The number of rotatable bonds is 76. The first kappa shape index (κ1) is 95.1. The molecule has 0 fully saturated rings. The third-order valence-corrected chi connectivity index (χ3v) is 20.4. The first-order valence-corrected chi connectivity index (χ1v) is 43.4. The zero-order chi connectivity index (χ0) is 71.6. The number of phosphoric acid groups is 2. The monoisotopic (exact) mass is 1420 g/mol. The molecule has 0 heterocycles. The average molecular weight is 1420 g/mol. The van der Waals surface area contributed by atoms with Crippen LogP contribution in [0, 0.1) is 17.8 Å². The molecule has 0 aromatic heterocycles. The van der Waals surface area contributed by atoms with Gasteiger partial charge in [-0.05, 0) is 43.4 Å². The highest BCUT2D eigenvalue weighted by atomic mass is 31.2. The third kappa shape index (κ3) is 70.9. The Morgan fingerprint density at radius 2 is 0.526 bits per heavy atom. The maximum absolute atomic E-state index is 13.1. The standard InChI is InChI=1S/C78H152O17P2/c1-8-10-11-12-13-14-15-16-17-18-19-23-26-29-32-37-45-52-59-75(80)88-65-73(94-77(82)61-54-47-38-33-30-27-24-21-20-22-25-28-31-35-42-49-56-69(3)4)67-92-96(84,85)90-63-72(79)64-91-97(86,87)93-68-74(95-78(83)62-55-48-39-34-36-43-50-57-70(5)6)66-89-76(81)60-53-46-41-40-44-51-58-71(7)9-2/h69-74,79H,8-68H2,1-7H3,(H,84,85)(H,86,87)/t71?,72-,73-,74-/m1/s1. The third-order valence-electron chi connectivity index (χ3n) is 18.5. The van der Waals surface area contributed by atoms with Crippen molar-refractivity contribution in [3.63, 3.8) is 0 Å². The molecule has 19 heteroatoms. The van der Waals surface area contributed by atoms with E-state index in [1.54, 1.807) is 0 Å². The van der Waals surface area contributed by atoms with Gasteiger partial charge in [0.2, 0.25) is 0 Å². The lowest BCUT2D eigenvalue weighted by Crippen LogP contribution is -2.30. The molecule has 97 heavy (non-hydrogen) atoms. The molecule has 0 bridgehead atoms. The Kier molecular flexibility index (Phi) is 67.1. The van der Waals surface area contributed by atoms with Crippen molar-refractivity contribution in [3.05, 3.63) is 0 Å². The van der Waals surface area contributed by atoms with E-state index in [1.165, 1.54) is 205 Å². The van der Waals surface area contributed by atoms with E-state index in [-0.39, 0.29) is 25.7 Å². The zero-order valence-corrected chi connectivity index (χ0v) is 65.3. The minimum absolute atomic E-state index is 0.103. The Morgan fingerprint density at radius 3 is 0.784 bits per heavy atom. The molecule has 0 saturated heterocycles. The normalized spacial score (nSPS) is 14.3. The van der Waals surface area contributed by atoms with Crippen LogP contribution in [0.1, 0.15) is 402 Å². The molecule has 0 aliphatic carbocycles. The molecule has 3 N–H and O–H groups in total. The van der Waals surface area contributed by atoms with Gasteiger partial charge >= 0.3 is 39.5 Å². The number of carbonyl (C=O) groups excluding carboxylic acids is 4. The number of unbranched alkanes of at least 4 members (excludes halogenated alkanes) is 43. The number of aliphatic hydroxyl groups is 1. The van der Waals surface area contributed by atoms with Gasteiger partial charge in [-0.15, -0.1) is 0 Å². The second-order valence-corrected chi connectivity index (χ2v) is 32.2. The highest BCUT2D eigenvalue weighted by molar-refractivity contribution is 7.47. The molecular formula is C78H152O17P2. The van der Waals surface area contributed by atoms with Crippen LogP contribution in [-0.4, -0.2) is 96.7 Å². The molecule has 3 unspecified atom stereocenters. The molecule has 0 saturated carbocycles. The summed E-state index contributed by atoms with van der Waals surface area (Å²) in [6, 6.07) is 0. The van der Waals surface area contributed by atoms with Crippen molar-refractivity contribution >= 4 is 39.5 Å². The number of phosphoric ester groups is 2. The second-order valence-electron chi connectivity index (χ2n) is 29.3. The van der Waals surface area contributed by atoms with Gasteiger partial charge in [0, 0.05) is 25.7 Å². The predicted molar refractivity (Wildman–Crippen MR) is 395 cm³/mol. The Labute approximate surface area is 594 Å². The smallest absolute Gasteiger partial charge is 0.462 e. The van der Waals surface area contributed by atoms with Crippen LogP contribution in [-0.2, 0) is 65.4 Å². The number of ether oxygens (including phenoxy) is 4. The summed E-state index contributed by atoms with van der Waals surface area (Å²) in [5.41, 5.74) is 0. The molecule has 0 aliphatic heterocycles. The number of aliphatic hydroxyl groups excluding tert-OH is 1. The molecule has 0 amide bonds. The van der Waals surface area contributed by atoms with Crippen LogP contribution in [0.5, 0.6) is 0 Å². The van der Waals surface area contributed by atoms with Crippen molar-refractivity contribution in [2.45, 2.75) is 420 Å². The summed E-state index contributed by atoms with van der Waals surface area (Å²) < 4.78 is 68.5. The Bertz CT molecular complexity index is 1890. The minimum Gasteiger partial charge on any atom is -0.462 e. The van der Waals surface area contributed by atoms with Crippen molar-refractivity contribution < 1.29 is 80.2 Å². The van der Waals surface area contributed by atoms with Crippen molar-refractivity contribution in [2.24, 2.45) is 17.8 Å². The highest BCUT2D eigenvalue weighted by Gasteiger charge is 2.30. The predicted octanol–water partition coefficient (Wildman–Crippen LogP) is 23.0. The van der Waals surface area contributed by atoms with E-state index in [0.29, 0.717) is 31.6 Å². The molecule has 0 radical (unpaired) electrons. The SMILES string of the molecule is CCCCCCCCCCCCCCCCCCCCC(=O)OC[C@H](COP(=O)(O)OC[C@@H](O)COP(=O)(O)OC[C@@H](COC(=O)CCCCCCCCC(C)CC)OC(=O)CCCCCCCCCC(C)C)OC(=O)CCCCCCCCCCCCCCCCCCC(C)C. The van der Waals surface area contributed by atoms with Gasteiger partial charge in [0.1, 0.15) is 19.3 Å². The summed E-state index contributed by atoms with van der Waals surface area (Å²) in [5, 5.41) is 10.6. The summed E-state index contributed by atoms with van der Waals surface area (Å²) in [6.45, 7) is 11.8. The van der Waals surface area contributed by atoms with Crippen LogP contribution in [0.2, 0.25) is 0 Å². The van der Waals surface area contributed by atoms with E-state index in [4.69, 9.17) is 37.0 Å². The van der Waals surface area contributed by atoms with E-state index in [0.717, 1.165) is 108 Å². The van der Waals surface area contributed by atoms with Crippen LogP contribution >= 0.6 is 15.6 Å². The van der Waals surface area contributed by atoms with E-state index in [1.807, 2.05) is 0 Å². The first-order chi connectivity index (χ1) is 46.8. The van der Waals surface area contributed by atoms with Crippen molar-refractivity contribution in [1.82, 2.24) is 0 Å². The maximum atomic E-state index is 13.1. The average Bonchev–Trinajstić information content (AvgIpc) is 1.47. The summed E-state index contributed by atoms with van der Waals surface area (Å²) in [4.78, 5) is 72.8. The summed E-state index contributed by atoms with van der Waals surface area (Å²) >= 11 is 0. The largest absolute Gasteiger partial charge is 0.472 e. The van der Waals surface area contributed by atoms with Gasteiger partial charge in [-0.25, -0.2) is 9.13 Å². The lowest BCUT2D eigenvalue weighted by atomic mass is 10.00. The molecule has 0 aromatic rings. The fourth-order valence-electron chi connectivity index (χ4n) is 11.9. The minimum atomic E-state index is -4.96. The number of carbonyl (C=O) groups is 4. The summed E-state index contributed by atoms with van der Waals surface area (Å²) in [6.07, 6.45) is 55.8. The molecule has 0 aromatic carbocycles. The van der Waals surface area contributed by atoms with Gasteiger partial charge in [0.05, 0.1) is 26.4 Å². The van der Waals surface area contributed by atoms with Crippen LogP contribution in [0.15, 0.2) is 0 Å². The van der Waals surface area contributed by atoms with Crippen molar-refractivity contribution in [3.8, 4) is 0 Å². The van der Waals surface area contributed by atoms with Crippen LogP contribution in [0.3, 0.4) is 0 Å². The van der Waals surface area contributed by atoms with Crippen LogP contribution < -0.4 is 0 Å². The Morgan fingerprint density at radius 1 is 0.299 bits per heavy atom. The number of hydrogen-bond acceptors (Lipinski definition) is 15. The number of hydrogen-bond donors (Lipinski definition) is 3. The zero-order valence-electron chi connectivity index (χ0n) is 63.5. The van der Waals surface area contributed by atoms with Crippen LogP contribution in [0.4, 0.5) is 0 Å². The maximum Gasteiger partial charge on any atom is 0.472 e. The molecule has 17 nitrogen and oxygen atoms in total. The lowest BCUT2D eigenvalue weighted by Gasteiger charge is -2.21. The fraction of sp³-hybridized carbons (Fsp3) is 0.949. The van der Waals surface area contributed by atoms with Gasteiger partial charge in [-0.3, -0.25) is 37.3 Å². The van der Waals surface area contributed by atoms with E-state index in [9.17, 15) is 43.2 Å². The number of esters is 4. The fourth-order valence-corrected chi connectivity index (χ4v) is 13.5. The van der Waals surface area contributed by atoms with Crippen molar-refractivity contribution in [2.75, 3.05) is 39.6 Å². The van der Waals surface area contributed by atoms with Gasteiger partial charge in [0.15, 0.2) is 12.2 Å². The lowest BCUT2D eigenvalue weighted by molar-refractivity contribution is -0.161. The summed E-state index contributed by atoms with van der Waals surface area (Å²) in [5.74, 6) is 0.117. The molecule has 0 rings (SSSR count). The molecular weight excluding hydrogens is 1270 g/mol. The van der Waals surface area contributed by atoms with Gasteiger partial charge in [-0.2, -0.15) is 0 Å². The highest BCUT2D eigenvalue weighted by Crippen LogP contribution is 2.45. The Balaban J connectivity index is 5.21. The quantitative estimate of drug-likeness (QED) is 0.0222. The van der Waals surface area contributed by atoms with E-state index < -0.39 is 97.5 Å². The van der Waals surface area contributed by atoms with Crippen molar-refractivity contribution in [1.29, 1.82) is 0 Å². The summed E-state index contributed by atoms with van der Waals surface area (Å²) in [7, 11) is -9.91. The van der Waals surface area contributed by atoms with Gasteiger partial charge in [0.25, 0.3) is 0 Å².